The van der Waals surface area contributed by atoms with Crippen molar-refractivity contribution in [3.63, 3.8) is 0 Å². The molecule has 2 fully saturated rings. The zero-order valence-electron chi connectivity index (χ0n) is 19.1. The van der Waals surface area contributed by atoms with Gasteiger partial charge in [-0.15, -0.1) is 0 Å². The van der Waals surface area contributed by atoms with E-state index >= 15 is 0 Å². The lowest BCUT2D eigenvalue weighted by atomic mass is 9.77. The number of carbonyl (C=O) groups is 4. The third-order valence-corrected chi connectivity index (χ3v) is 7.48. The summed E-state index contributed by atoms with van der Waals surface area (Å²) in [4.78, 5) is 56.1. The number of rotatable bonds is 4. The largest absolute Gasteiger partial charge is 0.349 e. The molecule has 0 radical (unpaired) electrons. The molecule has 0 bridgehead atoms. The molecule has 2 amide bonds. The van der Waals surface area contributed by atoms with E-state index in [0.717, 1.165) is 11.1 Å². The van der Waals surface area contributed by atoms with E-state index in [0.29, 0.717) is 12.0 Å². The Labute approximate surface area is 202 Å². The molecule has 0 unspecified atom stereocenters. The summed E-state index contributed by atoms with van der Waals surface area (Å²) in [5.41, 5.74) is 1.15. The quantitative estimate of drug-likeness (QED) is 0.433. The minimum Gasteiger partial charge on any atom is -0.349 e. The normalized spacial score (nSPS) is 24.4. The number of hydrogen-bond acceptors (Lipinski definition) is 5. The topological polar surface area (TPSA) is 80.8 Å². The van der Waals surface area contributed by atoms with Crippen LogP contribution in [-0.2, 0) is 20.7 Å². The minimum atomic E-state index is -2.02. The van der Waals surface area contributed by atoms with Gasteiger partial charge in [-0.25, -0.2) is 0 Å². The number of ketones is 2. The summed E-state index contributed by atoms with van der Waals surface area (Å²) in [5.74, 6) is -4.11. The highest BCUT2D eigenvalue weighted by Gasteiger charge is 2.74. The molecule has 3 aromatic carbocycles. The molecule has 6 nitrogen and oxygen atoms in total. The summed E-state index contributed by atoms with van der Waals surface area (Å²) in [5, 5.41) is 0. The van der Waals surface area contributed by atoms with E-state index in [1.165, 1.54) is 4.90 Å². The monoisotopic (exact) mass is 465 g/mol. The summed E-state index contributed by atoms with van der Waals surface area (Å²) in [7, 11) is 0. The van der Waals surface area contributed by atoms with E-state index in [1.807, 2.05) is 61.5 Å². The average Bonchev–Trinajstić information content (AvgIpc) is 3.44. The highest BCUT2D eigenvalue weighted by molar-refractivity contribution is 6.35. The van der Waals surface area contributed by atoms with Crippen LogP contribution in [0.4, 0.5) is 0 Å². The molecule has 6 heteroatoms. The molecule has 3 aromatic rings. The maximum atomic E-state index is 13.8. The highest BCUT2D eigenvalue weighted by Crippen LogP contribution is 2.57. The summed E-state index contributed by atoms with van der Waals surface area (Å²) in [6.07, 6.45) is -0.385. The molecule has 174 valence electrons. The average molecular weight is 466 g/mol. The number of nitrogens with zero attached hydrogens (tertiary/aromatic N) is 1. The molecule has 3 aliphatic rings. The van der Waals surface area contributed by atoms with Crippen LogP contribution in [0.1, 0.15) is 43.5 Å². The van der Waals surface area contributed by atoms with Crippen LogP contribution in [0.3, 0.4) is 0 Å². The van der Waals surface area contributed by atoms with Gasteiger partial charge >= 0.3 is 0 Å². The molecule has 0 N–H and O–H groups in total. The number of benzene rings is 3. The highest BCUT2D eigenvalue weighted by atomic mass is 16.5. The van der Waals surface area contributed by atoms with Crippen LogP contribution in [0.5, 0.6) is 0 Å². The van der Waals surface area contributed by atoms with Gasteiger partial charge in [0.25, 0.3) is 0 Å². The van der Waals surface area contributed by atoms with Crippen LogP contribution < -0.4 is 0 Å². The third kappa shape index (κ3) is 2.99. The molecule has 0 saturated carbocycles. The molecule has 2 heterocycles. The van der Waals surface area contributed by atoms with Crippen molar-refractivity contribution in [3.05, 3.63) is 107 Å². The second-order valence-corrected chi connectivity index (χ2v) is 9.46. The summed E-state index contributed by atoms with van der Waals surface area (Å²) in [6.45, 7) is 2.13. The van der Waals surface area contributed by atoms with Crippen LogP contribution in [0.25, 0.3) is 0 Å². The minimum absolute atomic E-state index is 0.181. The zero-order valence-corrected chi connectivity index (χ0v) is 19.1. The molecular weight excluding hydrogens is 442 g/mol. The van der Waals surface area contributed by atoms with Gasteiger partial charge in [-0.3, -0.25) is 24.1 Å². The lowest BCUT2D eigenvalue weighted by Gasteiger charge is -2.27. The maximum absolute atomic E-state index is 13.8. The first-order valence-corrected chi connectivity index (χ1v) is 11.8. The van der Waals surface area contributed by atoms with Crippen LogP contribution >= 0.6 is 0 Å². The fourth-order valence-electron chi connectivity index (χ4n) is 5.74. The third-order valence-electron chi connectivity index (χ3n) is 7.48. The van der Waals surface area contributed by atoms with E-state index in [4.69, 9.17) is 4.74 Å². The molecular formula is C29H23NO5. The first-order valence-electron chi connectivity index (χ1n) is 11.8. The van der Waals surface area contributed by atoms with Crippen molar-refractivity contribution < 1.29 is 23.9 Å². The molecule has 6 rings (SSSR count). The standard InChI is InChI=1S/C29H23NO5/c1-17-11-13-19(14-12-17)24-22-23(28(34)30(27(22)33)16-15-18-7-3-2-4-8-18)29(35-24)25(31)20-9-5-6-10-21(20)26(29)32/h2-14,22-24H,15-16H2,1H3/t22-,23-,24+/m0/s1. The Morgan fingerprint density at radius 1 is 0.771 bits per heavy atom. The van der Waals surface area contributed by atoms with Gasteiger partial charge in [0.15, 0.2) is 0 Å². The number of carbonyl (C=O) groups excluding carboxylic acids is 4. The van der Waals surface area contributed by atoms with E-state index in [2.05, 4.69) is 0 Å². The van der Waals surface area contributed by atoms with Crippen molar-refractivity contribution in [1.82, 2.24) is 4.90 Å². The molecule has 1 aliphatic carbocycles. The van der Waals surface area contributed by atoms with Crippen molar-refractivity contribution in [3.8, 4) is 0 Å². The number of fused-ring (bicyclic) bond motifs is 3. The number of aryl methyl sites for hydroxylation is 1. The Hall–Kier alpha value is -3.90. The predicted molar refractivity (Wildman–Crippen MR) is 127 cm³/mol. The van der Waals surface area contributed by atoms with Gasteiger partial charge in [0.2, 0.25) is 29.0 Å². The number of likely N-dealkylation sites (tertiary alicyclic amines) is 1. The molecule has 2 aliphatic heterocycles. The summed E-state index contributed by atoms with van der Waals surface area (Å²) in [6, 6.07) is 23.5. The summed E-state index contributed by atoms with van der Waals surface area (Å²) < 4.78 is 6.29. The summed E-state index contributed by atoms with van der Waals surface area (Å²) >= 11 is 0. The van der Waals surface area contributed by atoms with Crippen molar-refractivity contribution in [1.29, 1.82) is 0 Å². The first kappa shape index (κ1) is 21.6. The predicted octanol–water partition coefficient (Wildman–Crippen LogP) is 3.73. The van der Waals surface area contributed by atoms with Gasteiger partial charge in [-0.2, -0.15) is 0 Å². The second-order valence-electron chi connectivity index (χ2n) is 9.46. The van der Waals surface area contributed by atoms with Crippen molar-refractivity contribution in [2.45, 2.75) is 25.0 Å². The van der Waals surface area contributed by atoms with Crippen LogP contribution in [0.15, 0.2) is 78.9 Å². The van der Waals surface area contributed by atoms with Gasteiger partial charge < -0.3 is 4.74 Å². The Morgan fingerprint density at radius 3 is 2.00 bits per heavy atom. The lowest BCUT2D eigenvalue weighted by Crippen LogP contribution is -2.51. The molecule has 1 spiro atoms. The van der Waals surface area contributed by atoms with E-state index in [1.54, 1.807) is 24.3 Å². The fourth-order valence-corrected chi connectivity index (χ4v) is 5.74. The van der Waals surface area contributed by atoms with Crippen molar-refractivity contribution in [2.24, 2.45) is 11.8 Å². The van der Waals surface area contributed by atoms with E-state index in [-0.39, 0.29) is 17.7 Å². The van der Waals surface area contributed by atoms with Crippen LogP contribution in [0.2, 0.25) is 0 Å². The number of Topliss-reactive ketones (excluding diaryl/α,β-unsaturated/α-hetero) is 2. The van der Waals surface area contributed by atoms with Gasteiger partial charge in [0.1, 0.15) is 0 Å². The Balaban J connectivity index is 1.44. The van der Waals surface area contributed by atoms with Crippen molar-refractivity contribution >= 4 is 23.4 Å². The van der Waals surface area contributed by atoms with Crippen LogP contribution in [0, 0.1) is 18.8 Å². The van der Waals surface area contributed by atoms with Gasteiger partial charge in [0.05, 0.1) is 17.9 Å². The van der Waals surface area contributed by atoms with Gasteiger partial charge in [-0.05, 0) is 24.5 Å². The van der Waals surface area contributed by atoms with Crippen molar-refractivity contribution in [2.75, 3.05) is 6.54 Å². The Kier molecular flexibility index (Phi) is 4.83. The molecule has 3 atom stereocenters. The fraction of sp³-hybridized carbons (Fsp3) is 0.241. The number of hydrogen-bond donors (Lipinski definition) is 0. The smallest absolute Gasteiger partial charge is 0.237 e. The Morgan fingerprint density at radius 2 is 1.37 bits per heavy atom. The second kappa shape index (κ2) is 7.82. The molecule has 35 heavy (non-hydrogen) atoms. The lowest BCUT2D eigenvalue weighted by molar-refractivity contribution is -0.144. The maximum Gasteiger partial charge on any atom is 0.237 e. The number of imide groups is 1. The van der Waals surface area contributed by atoms with E-state index < -0.39 is 46.9 Å². The zero-order chi connectivity index (χ0) is 24.3. The number of amides is 2. The first-order chi connectivity index (χ1) is 16.9. The van der Waals surface area contributed by atoms with E-state index in [9.17, 15) is 19.2 Å². The molecule has 2 saturated heterocycles. The van der Waals surface area contributed by atoms with Crippen LogP contribution in [-0.4, -0.2) is 40.4 Å². The van der Waals surface area contributed by atoms with Gasteiger partial charge in [-0.1, -0.05) is 84.4 Å². The Bertz CT molecular complexity index is 1340. The number of ether oxygens (including phenoxy) is 1. The molecule has 0 aromatic heterocycles. The SMILES string of the molecule is Cc1ccc([C@H]2OC3(C(=O)c4ccccc4C3=O)[C@@H]3C(=O)N(CCc4ccccc4)C(=O)[C@H]23)cc1. The van der Waals surface area contributed by atoms with Gasteiger partial charge in [0, 0.05) is 17.7 Å².